The van der Waals surface area contributed by atoms with Crippen molar-refractivity contribution in [2.45, 2.75) is 19.6 Å². The van der Waals surface area contributed by atoms with Crippen LogP contribution in [0.3, 0.4) is 0 Å². The number of ether oxygens (including phenoxy) is 1. The highest BCUT2D eigenvalue weighted by atomic mass is 16.5. The predicted molar refractivity (Wildman–Crippen MR) is 148 cm³/mol. The number of benzene rings is 2. The molecule has 1 fully saturated rings. The van der Waals surface area contributed by atoms with Gasteiger partial charge in [0.2, 0.25) is 5.91 Å². The number of carbonyl (C=O) groups excluding carboxylic acids is 3. The van der Waals surface area contributed by atoms with Crippen molar-refractivity contribution < 1.29 is 24.2 Å². The van der Waals surface area contributed by atoms with Crippen LogP contribution in [0.2, 0.25) is 0 Å². The molecule has 200 valence electrons. The number of aromatic nitrogens is 2. The van der Waals surface area contributed by atoms with Crippen molar-refractivity contribution in [3.63, 3.8) is 0 Å². The number of nitrogens with one attached hydrogen (secondary N) is 3. The number of hydrogen-bond acceptors (Lipinski definition) is 6. The first-order valence-electron chi connectivity index (χ1n) is 12.9. The zero-order valence-electron chi connectivity index (χ0n) is 21.5. The van der Waals surface area contributed by atoms with Crippen molar-refractivity contribution in [1.29, 1.82) is 0 Å². The summed E-state index contributed by atoms with van der Waals surface area (Å²) in [5.41, 5.74) is 4.00. The fraction of sp³-hybridized carbons (Fsp3) is 0.276. The fourth-order valence-electron chi connectivity index (χ4n) is 5.54. The molecule has 2 aromatic carbocycles. The molecule has 1 unspecified atom stereocenters. The van der Waals surface area contributed by atoms with Crippen molar-refractivity contribution in [2.24, 2.45) is 0 Å². The van der Waals surface area contributed by atoms with Gasteiger partial charge in [-0.25, -0.2) is 0 Å². The molecule has 0 aliphatic carbocycles. The van der Waals surface area contributed by atoms with Crippen molar-refractivity contribution in [1.82, 2.24) is 19.8 Å². The molecule has 3 amide bonds. The zero-order chi connectivity index (χ0) is 27.1. The number of β-amino-alcohol motifs (C(OH)–C–C–N with tert-alkyl or cyclic N) is 1. The maximum absolute atomic E-state index is 13.2. The number of imide groups is 1. The van der Waals surface area contributed by atoms with E-state index >= 15 is 0 Å². The first-order valence-corrected chi connectivity index (χ1v) is 12.9. The van der Waals surface area contributed by atoms with Gasteiger partial charge in [0.05, 0.1) is 36.0 Å². The Hall–Kier alpha value is -4.25. The maximum atomic E-state index is 13.2. The molecule has 0 spiro atoms. The molecule has 0 bridgehead atoms. The highest BCUT2D eigenvalue weighted by molar-refractivity contribution is 6.50. The highest BCUT2D eigenvalue weighted by Crippen LogP contribution is 2.39. The van der Waals surface area contributed by atoms with Gasteiger partial charge < -0.3 is 24.7 Å². The minimum absolute atomic E-state index is 0.204. The Morgan fingerprint density at radius 1 is 1.03 bits per heavy atom. The normalized spacial score (nSPS) is 17.3. The number of nitrogens with zero attached hydrogens (tertiary/aromatic N) is 2. The molecule has 0 radical (unpaired) electrons. The van der Waals surface area contributed by atoms with Crippen LogP contribution in [-0.4, -0.2) is 76.2 Å². The van der Waals surface area contributed by atoms with Gasteiger partial charge in [-0.3, -0.25) is 24.6 Å². The summed E-state index contributed by atoms with van der Waals surface area (Å²) in [4.78, 5) is 43.4. The Bertz CT molecular complexity index is 1640. The molecule has 2 aliphatic heterocycles. The Balaban J connectivity index is 1.47. The summed E-state index contributed by atoms with van der Waals surface area (Å²) >= 11 is 0. The second-order valence-corrected chi connectivity index (χ2v) is 9.96. The second kappa shape index (κ2) is 10.1. The number of hydrogen-bond donors (Lipinski definition) is 4. The van der Waals surface area contributed by atoms with E-state index in [-0.39, 0.29) is 18.0 Å². The van der Waals surface area contributed by atoms with Gasteiger partial charge in [-0.1, -0.05) is 24.3 Å². The number of anilines is 1. The van der Waals surface area contributed by atoms with E-state index in [1.807, 2.05) is 47.2 Å². The molecule has 0 saturated carbocycles. The molecule has 6 rings (SSSR count). The van der Waals surface area contributed by atoms with Crippen molar-refractivity contribution >= 4 is 56.4 Å². The van der Waals surface area contributed by atoms with Gasteiger partial charge in [0, 0.05) is 78.6 Å². The summed E-state index contributed by atoms with van der Waals surface area (Å²) in [5, 5.41) is 17.8. The fourth-order valence-corrected chi connectivity index (χ4v) is 5.54. The van der Waals surface area contributed by atoms with Crippen LogP contribution in [0.5, 0.6) is 0 Å². The Morgan fingerprint density at radius 2 is 1.77 bits per heavy atom. The van der Waals surface area contributed by atoms with E-state index < -0.39 is 17.9 Å². The van der Waals surface area contributed by atoms with Gasteiger partial charge >= 0.3 is 0 Å². The molecule has 1 atom stereocenters. The quantitative estimate of drug-likeness (QED) is 0.273. The number of carbonyl (C=O) groups is 3. The molecule has 39 heavy (non-hydrogen) atoms. The molecule has 4 N–H and O–H groups in total. The van der Waals surface area contributed by atoms with Crippen LogP contribution in [0, 0.1) is 0 Å². The Labute approximate surface area is 224 Å². The van der Waals surface area contributed by atoms with Crippen molar-refractivity contribution in [3.8, 4) is 0 Å². The van der Waals surface area contributed by atoms with E-state index in [1.165, 1.54) is 6.92 Å². The minimum Gasteiger partial charge on any atom is -0.390 e. The van der Waals surface area contributed by atoms with Crippen molar-refractivity contribution in [2.75, 3.05) is 38.2 Å². The number of H-pyrrole nitrogens is 1. The lowest BCUT2D eigenvalue weighted by Crippen LogP contribution is -2.41. The number of rotatable bonds is 7. The SMILES string of the molecule is CC(=O)Nc1ccc2c(C3=C(c4c[nH]c5ccccc45)C(=O)NC3=O)cn(CC(O)CN3CCOCC3)c2c1. The van der Waals surface area contributed by atoms with E-state index in [0.29, 0.717) is 42.1 Å². The summed E-state index contributed by atoms with van der Waals surface area (Å²) < 4.78 is 7.30. The molecule has 1 saturated heterocycles. The standard InChI is InChI=1S/C29H29N5O5/c1-17(35)31-18-6-7-21-23(16-34(25(21)12-18)15-19(36)14-33-8-10-39-11-9-33)27-26(28(37)32-29(27)38)22-13-30-24-5-3-2-4-20(22)24/h2-7,12-13,16,19,30,36H,8-11,14-15H2,1H3,(H,31,35)(H,32,37,38). The van der Waals surface area contributed by atoms with Gasteiger partial charge in [0.15, 0.2) is 0 Å². The largest absolute Gasteiger partial charge is 0.390 e. The maximum Gasteiger partial charge on any atom is 0.259 e. The molecule has 2 aromatic heterocycles. The molecule has 10 nitrogen and oxygen atoms in total. The zero-order valence-corrected chi connectivity index (χ0v) is 21.5. The predicted octanol–water partition coefficient (Wildman–Crippen LogP) is 2.34. The van der Waals surface area contributed by atoms with Gasteiger partial charge in [0.1, 0.15) is 0 Å². The summed E-state index contributed by atoms with van der Waals surface area (Å²) in [5.74, 6) is -1.13. The smallest absolute Gasteiger partial charge is 0.259 e. The number of morpholine rings is 1. The van der Waals surface area contributed by atoms with E-state index in [9.17, 15) is 19.5 Å². The van der Waals surface area contributed by atoms with Crippen LogP contribution in [-0.2, 0) is 25.7 Å². The second-order valence-electron chi connectivity index (χ2n) is 9.96. The van der Waals surface area contributed by atoms with Crippen LogP contribution in [0.1, 0.15) is 18.1 Å². The molecule has 10 heteroatoms. The summed E-state index contributed by atoms with van der Waals surface area (Å²) in [6.45, 7) is 4.96. The molecule has 4 heterocycles. The monoisotopic (exact) mass is 527 g/mol. The van der Waals surface area contributed by atoms with Gasteiger partial charge in [-0.2, -0.15) is 0 Å². The topological polar surface area (TPSA) is 129 Å². The Morgan fingerprint density at radius 3 is 2.54 bits per heavy atom. The van der Waals surface area contributed by atoms with E-state index in [1.54, 1.807) is 12.3 Å². The third kappa shape index (κ3) is 4.74. The summed E-state index contributed by atoms with van der Waals surface area (Å²) in [6.07, 6.45) is 2.88. The lowest BCUT2D eigenvalue weighted by molar-refractivity contribution is -0.123. The number of para-hydroxylation sites is 1. The lowest BCUT2D eigenvalue weighted by Gasteiger charge is -2.28. The van der Waals surface area contributed by atoms with E-state index in [4.69, 9.17) is 4.74 Å². The number of amides is 3. The van der Waals surface area contributed by atoms with E-state index in [2.05, 4.69) is 20.5 Å². The average Bonchev–Trinajstić information content (AvgIpc) is 3.57. The Kier molecular flexibility index (Phi) is 6.51. The van der Waals surface area contributed by atoms with Crippen LogP contribution >= 0.6 is 0 Å². The van der Waals surface area contributed by atoms with Crippen LogP contribution in [0.4, 0.5) is 5.69 Å². The first kappa shape index (κ1) is 25.1. The lowest BCUT2D eigenvalue weighted by atomic mass is 9.95. The molecular formula is C29H29N5O5. The number of aliphatic hydroxyl groups is 1. The van der Waals surface area contributed by atoms with Gasteiger partial charge in [-0.05, 0) is 18.2 Å². The summed E-state index contributed by atoms with van der Waals surface area (Å²) in [6, 6.07) is 13.0. The van der Waals surface area contributed by atoms with Gasteiger partial charge in [-0.15, -0.1) is 0 Å². The third-order valence-corrected chi connectivity index (χ3v) is 7.24. The van der Waals surface area contributed by atoms with E-state index in [0.717, 1.165) is 34.9 Å². The van der Waals surface area contributed by atoms with Crippen molar-refractivity contribution in [3.05, 3.63) is 66.0 Å². The minimum atomic E-state index is -0.683. The molecule has 2 aliphatic rings. The molecular weight excluding hydrogens is 498 g/mol. The first-order chi connectivity index (χ1) is 18.9. The van der Waals surface area contributed by atoms with Crippen LogP contribution in [0.25, 0.3) is 33.0 Å². The van der Waals surface area contributed by atoms with Crippen LogP contribution < -0.4 is 10.6 Å². The van der Waals surface area contributed by atoms with Crippen LogP contribution in [0.15, 0.2) is 54.9 Å². The number of aliphatic hydroxyl groups excluding tert-OH is 1. The number of aromatic amines is 1. The highest BCUT2D eigenvalue weighted by Gasteiger charge is 2.35. The average molecular weight is 528 g/mol. The third-order valence-electron chi connectivity index (χ3n) is 7.24. The number of fused-ring (bicyclic) bond motifs is 2. The summed E-state index contributed by atoms with van der Waals surface area (Å²) in [7, 11) is 0. The van der Waals surface area contributed by atoms with Gasteiger partial charge in [0.25, 0.3) is 11.8 Å². The molecule has 4 aromatic rings.